The van der Waals surface area contributed by atoms with Crippen LogP contribution in [0.3, 0.4) is 0 Å². The zero-order valence-electron chi connectivity index (χ0n) is 10.6. The van der Waals surface area contributed by atoms with Gasteiger partial charge in [-0.3, -0.25) is 4.79 Å². The van der Waals surface area contributed by atoms with Crippen LogP contribution in [0.1, 0.15) is 13.8 Å². The van der Waals surface area contributed by atoms with Crippen LogP contribution < -0.4 is 11.9 Å². The number of nitrogens with two attached hydrogens (primary N) is 1. The molecule has 0 aliphatic rings. The molecular formula is C9H18N2O8. The Morgan fingerprint density at radius 1 is 1.16 bits per heavy atom. The van der Waals surface area contributed by atoms with Crippen LogP contribution in [0.2, 0.25) is 0 Å². The fraction of sp³-hybridized carbons (Fsp3) is 0.556. The number of hydrogen-bond donors (Lipinski definition) is 5. The Kier molecular flexibility index (Phi) is 11.6. The van der Waals surface area contributed by atoms with Gasteiger partial charge in [-0.2, -0.15) is 0 Å². The molecule has 0 rings (SSSR count). The van der Waals surface area contributed by atoms with Crippen LogP contribution in [-0.2, 0) is 23.9 Å². The second-order valence-electron chi connectivity index (χ2n) is 3.03. The molecule has 1 atom stereocenters. The number of ether oxygens (including phenoxy) is 1. The molecule has 8 N–H and O–H groups in total. The Morgan fingerprint density at radius 2 is 1.53 bits per heavy atom. The lowest BCUT2D eigenvalue weighted by molar-refractivity contribution is -0.167. The third-order valence-corrected chi connectivity index (χ3v) is 1.58. The molecular weight excluding hydrogens is 264 g/mol. The van der Waals surface area contributed by atoms with Crippen molar-refractivity contribution in [2.45, 2.75) is 19.4 Å². The molecule has 0 aromatic rings. The fourth-order valence-corrected chi connectivity index (χ4v) is 0.584. The summed E-state index contributed by atoms with van der Waals surface area (Å²) in [5, 5.41) is 24.1. The molecule has 10 nitrogen and oxygen atoms in total. The van der Waals surface area contributed by atoms with Crippen molar-refractivity contribution < 1.29 is 39.2 Å². The van der Waals surface area contributed by atoms with Gasteiger partial charge < -0.3 is 31.9 Å². The van der Waals surface area contributed by atoms with Crippen molar-refractivity contribution in [3.63, 3.8) is 0 Å². The van der Waals surface area contributed by atoms with Crippen LogP contribution in [-0.4, -0.2) is 57.8 Å². The molecule has 0 saturated carbocycles. The van der Waals surface area contributed by atoms with Crippen LogP contribution in [0.25, 0.3) is 0 Å². The topological polar surface area (TPSA) is 199 Å². The highest BCUT2D eigenvalue weighted by Crippen LogP contribution is 2.06. The SMILES string of the molecule is CCOC(=O)C(C)(O)C(=O)CN.N.O=C(O)C(=O)O. The zero-order valence-corrected chi connectivity index (χ0v) is 10.6. The number of carboxylic acids is 2. The van der Waals surface area contributed by atoms with Crippen LogP contribution in [0, 0.1) is 0 Å². The largest absolute Gasteiger partial charge is 0.473 e. The van der Waals surface area contributed by atoms with E-state index < -0.39 is 29.3 Å². The highest BCUT2D eigenvalue weighted by Gasteiger charge is 2.38. The molecule has 0 amide bonds. The van der Waals surface area contributed by atoms with E-state index in [1.54, 1.807) is 6.92 Å². The monoisotopic (exact) mass is 282 g/mol. The van der Waals surface area contributed by atoms with Crippen molar-refractivity contribution in [1.82, 2.24) is 6.15 Å². The Labute approximate surface area is 108 Å². The highest BCUT2D eigenvalue weighted by atomic mass is 16.5. The molecule has 1 unspecified atom stereocenters. The van der Waals surface area contributed by atoms with Gasteiger partial charge >= 0.3 is 17.9 Å². The first-order valence-electron chi connectivity index (χ1n) is 4.70. The van der Waals surface area contributed by atoms with Crippen molar-refractivity contribution in [1.29, 1.82) is 0 Å². The second kappa shape index (κ2) is 9.94. The number of aliphatic carboxylic acids is 2. The van der Waals surface area contributed by atoms with E-state index in [2.05, 4.69) is 4.74 Å². The summed E-state index contributed by atoms with van der Waals surface area (Å²) in [4.78, 5) is 40.0. The summed E-state index contributed by atoms with van der Waals surface area (Å²) in [6.45, 7) is 2.39. The lowest BCUT2D eigenvalue weighted by Crippen LogP contribution is -2.47. The highest BCUT2D eigenvalue weighted by molar-refractivity contribution is 6.27. The minimum Gasteiger partial charge on any atom is -0.473 e. The average molecular weight is 282 g/mol. The smallest absolute Gasteiger partial charge is 0.414 e. The molecule has 0 aromatic carbocycles. The maximum atomic E-state index is 10.9. The van der Waals surface area contributed by atoms with Crippen molar-refractivity contribution in [2.24, 2.45) is 5.73 Å². The van der Waals surface area contributed by atoms with Crippen molar-refractivity contribution in [3.8, 4) is 0 Å². The summed E-state index contributed by atoms with van der Waals surface area (Å²) < 4.78 is 4.46. The van der Waals surface area contributed by atoms with E-state index in [1.165, 1.54) is 0 Å². The third-order valence-electron chi connectivity index (χ3n) is 1.58. The van der Waals surface area contributed by atoms with Gasteiger partial charge in [0.05, 0.1) is 13.2 Å². The predicted octanol–water partition coefficient (Wildman–Crippen LogP) is -1.85. The van der Waals surface area contributed by atoms with E-state index in [-0.39, 0.29) is 19.3 Å². The predicted molar refractivity (Wildman–Crippen MR) is 61.6 cm³/mol. The molecule has 0 bridgehead atoms. The number of esters is 1. The van der Waals surface area contributed by atoms with E-state index in [0.29, 0.717) is 0 Å². The Balaban J connectivity index is -0.000000313. The van der Waals surface area contributed by atoms with Gasteiger partial charge in [-0.05, 0) is 13.8 Å². The summed E-state index contributed by atoms with van der Waals surface area (Å²) in [6, 6.07) is 0. The summed E-state index contributed by atoms with van der Waals surface area (Å²) in [5.74, 6) is -5.36. The van der Waals surface area contributed by atoms with Gasteiger partial charge in [0.15, 0.2) is 5.78 Å². The lowest BCUT2D eigenvalue weighted by Gasteiger charge is -2.18. The Bertz CT molecular complexity index is 327. The standard InChI is InChI=1S/C7H13NO4.C2H2O4.H3N/c1-3-12-6(10)7(2,11)5(9)4-8;3-1(4)2(5)6;/h11H,3-4,8H2,1-2H3;(H,3,4)(H,5,6);1H3. The lowest BCUT2D eigenvalue weighted by atomic mass is 10.0. The molecule has 0 saturated heterocycles. The fourth-order valence-electron chi connectivity index (χ4n) is 0.584. The normalized spacial score (nSPS) is 11.8. The molecule has 19 heavy (non-hydrogen) atoms. The first-order chi connectivity index (χ1) is 8.11. The molecule has 0 heterocycles. The summed E-state index contributed by atoms with van der Waals surface area (Å²) in [5.41, 5.74) is 2.87. The number of ketones is 1. The van der Waals surface area contributed by atoms with Gasteiger partial charge in [-0.15, -0.1) is 0 Å². The zero-order chi connectivity index (χ0) is 14.9. The van der Waals surface area contributed by atoms with Crippen LogP contribution in [0.5, 0.6) is 0 Å². The summed E-state index contributed by atoms with van der Waals surface area (Å²) in [7, 11) is 0. The van der Waals surface area contributed by atoms with Gasteiger partial charge in [-0.1, -0.05) is 0 Å². The van der Waals surface area contributed by atoms with Crippen molar-refractivity contribution in [2.75, 3.05) is 13.2 Å². The van der Waals surface area contributed by atoms with Crippen molar-refractivity contribution in [3.05, 3.63) is 0 Å². The second-order valence-corrected chi connectivity index (χ2v) is 3.03. The third kappa shape index (κ3) is 8.65. The maximum absolute atomic E-state index is 10.9. The van der Waals surface area contributed by atoms with Gasteiger partial charge in [0.2, 0.25) is 5.60 Å². The first kappa shape index (κ1) is 22.2. The number of rotatable bonds is 4. The molecule has 10 heteroatoms. The molecule has 112 valence electrons. The van der Waals surface area contributed by atoms with E-state index in [9.17, 15) is 14.7 Å². The van der Waals surface area contributed by atoms with E-state index in [1.807, 2.05) is 0 Å². The molecule has 0 fully saturated rings. The molecule has 0 aliphatic heterocycles. The van der Waals surface area contributed by atoms with Crippen LogP contribution >= 0.6 is 0 Å². The van der Waals surface area contributed by atoms with Gasteiger partial charge in [-0.25, -0.2) is 14.4 Å². The van der Waals surface area contributed by atoms with Gasteiger partial charge in [0.25, 0.3) is 0 Å². The van der Waals surface area contributed by atoms with Crippen molar-refractivity contribution >= 4 is 23.7 Å². The molecule has 0 aliphatic carbocycles. The van der Waals surface area contributed by atoms with E-state index in [4.69, 9.17) is 25.5 Å². The first-order valence-corrected chi connectivity index (χ1v) is 4.70. The minimum atomic E-state index is -2.11. The molecule has 0 aromatic heterocycles. The number of aliphatic hydroxyl groups is 1. The van der Waals surface area contributed by atoms with Crippen LogP contribution in [0.4, 0.5) is 0 Å². The number of carboxylic acid groups (broad SMARTS) is 2. The Morgan fingerprint density at radius 3 is 1.74 bits per heavy atom. The average Bonchev–Trinajstić information content (AvgIpc) is 2.28. The van der Waals surface area contributed by atoms with Gasteiger partial charge in [0, 0.05) is 0 Å². The number of Topliss-reactive ketones (excluding diaryl/α,β-unsaturated/α-hetero) is 1. The van der Waals surface area contributed by atoms with Gasteiger partial charge in [0.1, 0.15) is 0 Å². The number of carbonyl (C=O) groups excluding carboxylic acids is 2. The number of carbonyl (C=O) groups is 4. The quantitative estimate of drug-likeness (QED) is 0.221. The van der Waals surface area contributed by atoms with Crippen LogP contribution in [0.15, 0.2) is 0 Å². The molecule has 0 radical (unpaired) electrons. The summed E-state index contributed by atoms with van der Waals surface area (Å²) in [6.07, 6.45) is 0. The number of hydrogen-bond acceptors (Lipinski definition) is 8. The molecule has 0 spiro atoms. The Hall–Kier alpha value is -2.04. The summed E-state index contributed by atoms with van der Waals surface area (Å²) >= 11 is 0. The maximum Gasteiger partial charge on any atom is 0.414 e. The van der Waals surface area contributed by atoms with E-state index in [0.717, 1.165) is 6.92 Å². The minimum absolute atomic E-state index is 0. The van der Waals surface area contributed by atoms with E-state index >= 15 is 0 Å².